The molecule has 0 spiro atoms. The van der Waals surface area contributed by atoms with Gasteiger partial charge in [0.05, 0.1) is 31.9 Å². The Morgan fingerprint density at radius 2 is 2.38 bits per heavy atom. The van der Waals surface area contributed by atoms with Crippen LogP contribution in [0.25, 0.3) is 0 Å². The fourth-order valence-electron chi connectivity index (χ4n) is 1.33. The van der Waals surface area contributed by atoms with Crippen molar-refractivity contribution < 1.29 is 13.9 Å². The van der Waals surface area contributed by atoms with E-state index in [-0.39, 0.29) is 19.8 Å². The topological polar surface area (TPSA) is 43.4 Å². The van der Waals surface area contributed by atoms with Crippen molar-refractivity contribution in [3.8, 4) is 5.88 Å². The van der Waals surface area contributed by atoms with Crippen molar-refractivity contribution in [2.24, 2.45) is 0 Å². The van der Waals surface area contributed by atoms with E-state index >= 15 is 0 Å². The predicted molar refractivity (Wildman–Crippen MR) is 58.9 cm³/mol. The van der Waals surface area contributed by atoms with Gasteiger partial charge in [0, 0.05) is 6.07 Å². The zero-order chi connectivity index (χ0) is 11.6. The first kappa shape index (κ1) is 11.4. The highest BCUT2D eigenvalue weighted by molar-refractivity contribution is 6.32. The molecule has 1 aliphatic heterocycles. The van der Waals surface area contributed by atoms with E-state index in [0.29, 0.717) is 16.7 Å². The minimum Gasteiger partial charge on any atom is -0.481 e. The minimum absolute atomic E-state index is 0.113. The Kier molecular flexibility index (Phi) is 3.16. The lowest BCUT2D eigenvalue weighted by molar-refractivity contribution is -0.121. The Morgan fingerprint density at radius 3 is 2.94 bits per heavy atom. The molecule has 0 bridgehead atoms. The zero-order valence-corrected chi connectivity index (χ0v) is 9.55. The molecule has 6 heteroatoms. The summed E-state index contributed by atoms with van der Waals surface area (Å²) in [7, 11) is 1.51. The van der Waals surface area contributed by atoms with Crippen molar-refractivity contribution in [1.82, 2.24) is 4.98 Å². The van der Waals surface area contributed by atoms with Crippen LogP contribution < -0.4 is 10.1 Å². The smallest absolute Gasteiger partial charge is 0.214 e. The highest BCUT2D eigenvalue weighted by atomic mass is 35.5. The van der Waals surface area contributed by atoms with E-state index in [1.807, 2.05) is 0 Å². The second-order valence-corrected chi connectivity index (χ2v) is 4.09. The summed E-state index contributed by atoms with van der Waals surface area (Å²) < 4.78 is 23.4. The fourth-order valence-corrected chi connectivity index (χ4v) is 1.50. The molecule has 1 N–H and O–H groups in total. The largest absolute Gasteiger partial charge is 0.481 e. The molecule has 0 saturated carbocycles. The molecule has 1 saturated heterocycles. The molecule has 2 rings (SSSR count). The molecule has 0 amide bonds. The minimum atomic E-state index is -1.31. The van der Waals surface area contributed by atoms with Crippen LogP contribution in [0.15, 0.2) is 12.1 Å². The molecule has 1 aromatic rings. The molecule has 1 fully saturated rings. The van der Waals surface area contributed by atoms with Gasteiger partial charge in [-0.1, -0.05) is 11.6 Å². The molecular formula is C10H12ClFN2O2. The van der Waals surface area contributed by atoms with Crippen LogP contribution in [0.2, 0.25) is 5.02 Å². The van der Waals surface area contributed by atoms with Gasteiger partial charge >= 0.3 is 0 Å². The third-order valence-electron chi connectivity index (χ3n) is 2.32. The Morgan fingerprint density at radius 1 is 1.62 bits per heavy atom. The van der Waals surface area contributed by atoms with E-state index in [9.17, 15) is 4.39 Å². The number of halogens is 2. The number of pyridine rings is 1. The van der Waals surface area contributed by atoms with E-state index in [1.165, 1.54) is 7.11 Å². The summed E-state index contributed by atoms with van der Waals surface area (Å²) >= 11 is 5.91. The maximum Gasteiger partial charge on any atom is 0.214 e. The van der Waals surface area contributed by atoms with Crippen LogP contribution in [0, 0.1) is 0 Å². The first-order valence-corrected chi connectivity index (χ1v) is 5.22. The van der Waals surface area contributed by atoms with Crippen molar-refractivity contribution in [1.29, 1.82) is 0 Å². The Bertz CT molecular complexity index is 385. The van der Waals surface area contributed by atoms with Gasteiger partial charge in [-0.3, -0.25) is 0 Å². The summed E-state index contributed by atoms with van der Waals surface area (Å²) in [6, 6.07) is 3.29. The Balaban J connectivity index is 2.02. The number of anilines is 1. The van der Waals surface area contributed by atoms with Gasteiger partial charge in [-0.15, -0.1) is 0 Å². The Hall–Kier alpha value is -1.07. The summed E-state index contributed by atoms with van der Waals surface area (Å²) in [5.74, 6) is 0.856. The molecule has 1 aromatic heterocycles. The van der Waals surface area contributed by atoms with Crippen LogP contribution in [0.4, 0.5) is 10.2 Å². The van der Waals surface area contributed by atoms with Crippen LogP contribution in [-0.4, -0.2) is 37.5 Å². The lowest BCUT2D eigenvalue weighted by atomic mass is 10.1. The van der Waals surface area contributed by atoms with Gasteiger partial charge in [-0.25, -0.2) is 4.39 Å². The molecule has 16 heavy (non-hydrogen) atoms. The van der Waals surface area contributed by atoms with Crippen LogP contribution in [0.5, 0.6) is 5.88 Å². The maximum atomic E-state index is 13.6. The average Bonchev–Trinajstić information content (AvgIpc) is 2.25. The molecule has 0 aliphatic carbocycles. The van der Waals surface area contributed by atoms with E-state index in [1.54, 1.807) is 12.1 Å². The maximum absolute atomic E-state index is 13.6. The SMILES string of the molecule is COc1ccc(Cl)c(NCC2(F)COC2)n1. The second kappa shape index (κ2) is 4.43. The van der Waals surface area contributed by atoms with Crippen molar-refractivity contribution in [2.75, 3.05) is 32.2 Å². The monoisotopic (exact) mass is 246 g/mol. The average molecular weight is 247 g/mol. The molecular weight excluding hydrogens is 235 g/mol. The van der Waals surface area contributed by atoms with Crippen LogP contribution in [0.3, 0.4) is 0 Å². The number of hydrogen-bond acceptors (Lipinski definition) is 4. The molecule has 2 heterocycles. The first-order chi connectivity index (χ1) is 7.63. The van der Waals surface area contributed by atoms with Crippen molar-refractivity contribution in [3.05, 3.63) is 17.2 Å². The standard InChI is InChI=1S/C10H12ClFN2O2/c1-15-8-3-2-7(11)9(14-8)13-4-10(12)5-16-6-10/h2-3H,4-6H2,1H3,(H,13,14). The zero-order valence-electron chi connectivity index (χ0n) is 8.80. The highest BCUT2D eigenvalue weighted by Gasteiger charge is 2.38. The van der Waals surface area contributed by atoms with Gasteiger partial charge in [0.25, 0.3) is 0 Å². The number of nitrogens with zero attached hydrogens (tertiary/aromatic N) is 1. The summed E-state index contributed by atoms with van der Waals surface area (Å²) in [6.45, 7) is 0.357. The predicted octanol–water partition coefficient (Wildman–Crippen LogP) is 1.89. The first-order valence-electron chi connectivity index (χ1n) is 4.84. The number of aromatic nitrogens is 1. The number of ether oxygens (including phenoxy) is 2. The summed E-state index contributed by atoms with van der Waals surface area (Å²) in [6.07, 6.45) is 0. The molecule has 0 aromatic carbocycles. The van der Waals surface area contributed by atoms with E-state index in [4.69, 9.17) is 21.1 Å². The number of alkyl halides is 1. The van der Waals surface area contributed by atoms with Crippen LogP contribution >= 0.6 is 11.6 Å². The van der Waals surface area contributed by atoms with Gasteiger partial charge in [0.15, 0.2) is 5.67 Å². The molecule has 4 nitrogen and oxygen atoms in total. The van der Waals surface area contributed by atoms with Gasteiger partial charge < -0.3 is 14.8 Å². The molecule has 0 unspecified atom stereocenters. The molecule has 1 aliphatic rings. The lowest BCUT2D eigenvalue weighted by Gasteiger charge is -2.33. The number of rotatable bonds is 4. The molecule has 88 valence electrons. The van der Waals surface area contributed by atoms with Crippen LogP contribution in [0.1, 0.15) is 0 Å². The highest BCUT2D eigenvalue weighted by Crippen LogP contribution is 2.26. The van der Waals surface area contributed by atoms with Gasteiger partial charge in [0.1, 0.15) is 5.82 Å². The van der Waals surface area contributed by atoms with Crippen molar-refractivity contribution in [2.45, 2.75) is 5.67 Å². The summed E-state index contributed by atoms with van der Waals surface area (Å²) in [5.41, 5.74) is -1.31. The van der Waals surface area contributed by atoms with E-state index in [0.717, 1.165) is 0 Å². The number of hydrogen-bond donors (Lipinski definition) is 1. The quantitative estimate of drug-likeness (QED) is 0.881. The summed E-state index contributed by atoms with van der Waals surface area (Å²) in [5, 5.41) is 3.29. The van der Waals surface area contributed by atoms with Gasteiger partial charge in [-0.05, 0) is 6.07 Å². The third kappa shape index (κ3) is 2.36. The Labute approximate surface area is 97.7 Å². The van der Waals surface area contributed by atoms with Crippen LogP contribution in [-0.2, 0) is 4.74 Å². The van der Waals surface area contributed by atoms with Gasteiger partial charge in [0.2, 0.25) is 5.88 Å². The van der Waals surface area contributed by atoms with Crippen molar-refractivity contribution >= 4 is 17.4 Å². The molecule has 0 radical (unpaired) electrons. The third-order valence-corrected chi connectivity index (χ3v) is 2.63. The summed E-state index contributed by atoms with van der Waals surface area (Å²) in [4.78, 5) is 4.08. The second-order valence-electron chi connectivity index (χ2n) is 3.68. The van der Waals surface area contributed by atoms with E-state index in [2.05, 4.69) is 10.3 Å². The normalized spacial score (nSPS) is 17.7. The lowest BCUT2D eigenvalue weighted by Crippen LogP contribution is -2.50. The fraction of sp³-hybridized carbons (Fsp3) is 0.500. The van der Waals surface area contributed by atoms with Gasteiger partial charge in [-0.2, -0.15) is 4.98 Å². The van der Waals surface area contributed by atoms with Crippen molar-refractivity contribution in [3.63, 3.8) is 0 Å². The number of nitrogens with one attached hydrogen (secondary N) is 1. The molecule has 0 atom stereocenters. The van der Waals surface area contributed by atoms with E-state index < -0.39 is 5.67 Å². The number of methoxy groups -OCH3 is 1.